The lowest BCUT2D eigenvalue weighted by atomic mass is 10.1. The third-order valence-electron chi connectivity index (χ3n) is 5.93. The Kier molecular flexibility index (Phi) is 7.74. The largest absolute Gasteiger partial charge is 0.367 e. The smallest absolute Gasteiger partial charge is 0.255 e. The van der Waals surface area contributed by atoms with E-state index in [0.29, 0.717) is 23.5 Å². The van der Waals surface area contributed by atoms with Gasteiger partial charge in [-0.2, -0.15) is 0 Å². The molecule has 0 radical (unpaired) electrons. The number of aromatic nitrogens is 3. The number of hydrogen-bond acceptors (Lipinski definition) is 7. The van der Waals surface area contributed by atoms with Crippen LogP contribution in [0.3, 0.4) is 0 Å². The Bertz CT molecular complexity index is 1640. The average molecular weight is 545 g/mol. The van der Waals surface area contributed by atoms with Gasteiger partial charge in [-0.1, -0.05) is 12.1 Å². The van der Waals surface area contributed by atoms with E-state index in [1.165, 1.54) is 6.07 Å². The molecule has 10 heteroatoms. The Labute approximate surface area is 228 Å². The average Bonchev–Trinajstić information content (AvgIpc) is 3.41. The number of hydrogen-bond donors (Lipinski definition) is 3. The maximum absolute atomic E-state index is 13.5. The second kappa shape index (κ2) is 11.5. The van der Waals surface area contributed by atoms with Crippen LogP contribution in [-0.2, 0) is 13.1 Å². The minimum atomic E-state index is -0.953. The SMILES string of the molecule is CC(C)Nc1ncnc2ccc(-c3ccc(CNc4ncccc4C(=O)NCc4ccc(F)c(F)c4)s3)cc12. The molecule has 0 aliphatic heterocycles. The summed E-state index contributed by atoms with van der Waals surface area (Å²) in [5.74, 6) is -1.01. The van der Waals surface area contributed by atoms with Crippen LogP contribution in [0.1, 0.15) is 34.6 Å². The van der Waals surface area contributed by atoms with Gasteiger partial charge in [-0.25, -0.2) is 23.7 Å². The zero-order valence-corrected chi connectivity index (χ0v) is 22.2. The minimum absolute atomic E-state index is 0.0594. The van der Waals surface area contributed by atoms with E-state index in [4.69, 9.17) is 0 Å². The Hall–Kier alpha value is -4.44. The highest BCUT2D eigenvalue weighted by Gasteiger charge is 2.14. The topological polar surface area (TPSA) is 91.8 Å². The van der Waals surface area contributed by atoms with Crippen molar-refractivity contribution in [2.45, 2.75) is 33.0 Å². The van der Waals surface area contributed by atoms with Gasteiger partial charge in [0.25, 0.3) is 5.91 Å². The molecule has 0 atom stereocenters. The molecule has 2 aromatic carbocycles. The van der Waals surface area contributed by atoms with E-state index in [9.17, 15) is 13.6 Å². The fourth-order valence-electron chi connectivity index (χ4n) is 4.05. The highest BCUT2D eigenvalue weighted by molar-refractivity contribution is 7.15. The molecule has 7 nitrogen and oxygen atoms in total. The van der Waals surface area contributed by atoms with Gasteiger partial charge in [-0.05, 0) is 73.5 Å². The van der Waals surface area contributed by atoms with Crippen LogP contribution in [0, 0.1) is 11.6 Å². The van der Waals surface area contributed by atoms with Crippen molar-refractivity contribution in [3.8, 4) is 10.4 Å². The number of pyridine rings is 1. The highest BCUT2D eigenvalue weighted by Crippen LogP contribution is 2.32. The van der Waals surface area contributed by atoms with Crippen molar-refractivity contribution >= 4 is 39.8 Å². The normalized spacial score (nSPS) is 11.1. The van der Waals surface area contributed by atoms with Crippen molar-refractivity contribution in [1.82, 2.24) is 20.3 Å². The van der Waals surface area contributed by atoms with Crippen LogP contribution in [0.5, 0.6) is 0 Å². The van der Waals surface area contributed by atoms with Crippen LogP contribution in [0.15, 0.2) is 73.2 Å². The van der Waals surface area contributed by atoms with Gasteiger partial charge in [-0.3, -0.25) is 4.79 Å². The number of nitrogens with zero attached hydrogens (tertiary/aromatic N) is 3. The van der Waals surface area contributed by atoms with Crippen molar-refractivity contribution in [3.05, 3.63) is 101 Å². The molecule has 0 bridgehead atoms. The molecular formula is C29H26F2N6OS. The van der Waals surface area contributed by atoms with Crippen LogP contribution in [0.4, 0.5) is 20.4 Å². The molecule has 0 saturated carbocycles. The summed E-state index contributed by atoms with van der Waals surface area (Å²) in [5, 5.41) is 10.3. The number of carbonyl (C=O) groups is 1. The van der Waals surface area contributed by atoms with Crippen LogP contribution in [0.2, 0.25) is 0 Å². The Morgan fingerprint density at radius 2 is 1.79 bits per heavy atom. The van der Waals surface area contributed by atoms with Crippen LogP contribution in [-0.4, -0.2) is 26.9 Å². The number of thiophene rings is 1. The van der Waals surface area contributed by atoms with E-state index in [1.54, 1.807) is 36.0 Å². The van der Waals surface area contributed by atoms with Crippen molar-refractivity contribution in [3.63, 3.8) is 0 Å². The number of benzene rings is 2. The maximum Gasteiger partial charge on any atom is 0.255 e. The molecule has 0 saturated heterocycles. The molecule has 0 aliphatic rings. The Morgan fingerprint density at radius 1 is 0.923 bits per heavy atom. The van der Waals surface area contributed by atoms with Gasteiger partial charge in [-0.15, -0.1) is 11.3 Å². The first kappa shape index (κ1) is 26.2. The third kappa shape index (κ3) is 6.18. The van der Waals surface area contributed by atoms with E-state index in [2.05, 4.69) is 56.9 Å². The monoisotopic (exact) mass is 544 g/mol. The van der Waals surface area contributed by atoms with E-state index >= 15 is 0 Å². The standard InChI is InChI=1S/C29H26F2N6OS/c1-17(2)37-28-22-13-19(6-9-25(22)35-16-36-28)26-10-7-20(39-26)15-33-27-21(4-3-11-32-27)29(38)34-14-18-5-8-23(30)24(31)12-18/h3-13,16-17H,14-15H2,1-2H3,(H,32,33)(H,34,38)(H,35,36,37). The van der Waals surface area contributed by atoms with Gasteiger partial charge in [0.15, 0.2) is 11.6 Å². The Morgan fingerprint density at radius 3 is 2.62 bits per heavy atom. The summed E-state index contributed by atoms with van der Waals surface area (Å²) in [6.45, 7) is 4.67. The molecule has 3 N–H and O–H groups in total. The van der Waals surface area contributed by atoms with E-state index in [-0.39, 0.29) is 18.5 Å². The van der Waals surface area contributed by atoms with E-state index < -0.39 is 11.6 Å². The molecule has 0 spiro atoms. The molecule has 5 aromatic rings. The molecule has 0 fully saturated rings. The van der Waals surface area contributed by atoms with Gasteiger partial charge < -0.3 is 16.0 Å². The number of rotatable bonds is 9. The molecule has 0 unspecified atom stereocenters. The number of anilines is 2. The van der Waals surface area contributed by atoms with Gasteiger partial charge in [0.05, 0.1) is 17.6 Å². The predicted molar refractivity (Wildman–Crippen MR) is 151 cm³/mol. The summed E-state index contributed by atoms with van der Waals surface area (Å²) >= 11 is 1.64. The first-order valence-electron chi connectivity index (χ1n) is 12.4. The van der Waals surface area contributed by atoms with Gasteiger partial charge in [0.1, 0.15) is 18.0 Å². The number of nitrogens with one attached hydrogen (secondary N) is 3. The molecule has 5 rings (SSSR count). The summed E-state index contributed by atoms with van der Waals surface area (Å²) in [5.41, 5.74) is 2.76. The summed E-state index contributed by atoms with van der Waals surface area (Å²) in [7, 11) is 0. The highest BCUT2D eigenvalue weighted by atomic mass is 32.1. The lowest BCUT2D eigenvalue weighted by Crippen LogP contribution is -2.24. The van der Waals surface area contributed by atoms with Gasteiger partial charge in [0, 0.05) is 33.9 Å². The predicted octanol–water partition coefficient (Wildman–Crippen LogP) is 6.39. The van der Waals surface area contributed by atoms with Crippen molar-refractivity contribution in [2.75, 3.05) is 10.6 Å². The zero-order valence-electron chi connectivity index (χ0n) is 21.3. The molecule has 198 valence electrons. The summed E-state index contributed by atoms with van der Waals surface area (Å²) in [6, 6.07) is 17.4. The number of fused-ring (bicyclic) bond motifs is 1. The van der Waals surface area contributed by atoms with Crippen LogP contribution < -0.4 is 16.0 Å². The molecule has 0 aliphatic carbocycles. The molecule has 3 heterocycles. The van der Waals surface area contributed by atoms with Crippen LogP contribution in [0.25, 0.3) is 21.3 Å². The fraction of sp³-hybridized carbons (Fsp3) is 0.172. The quantitative estimate of drug-likeness (QED) is 0.199. The first-order chi connectivity index (χ1) is 18.9. The van der Waals surface area contributed by atoms with Crippen molar-refractivity contribution < 1.29 is 13.6 Å². The van der Waals surface area contributed by atoms with E-state index in [1.807, 2.05) is 18.2 Å². The number of amides is 1. The molecule has 1 amide bonds. The summed E-state index contributed by atoms with van der Waals surface area (Å²) in [4.78, 5) is 28.1. The zero-order chi connectivity index (χ0) is 27.4. The van der Waals surface area contributed by atoms with Crippen molar-refractivity contribution in [1.29, 1.82) is 0 Å². The van der Waals surface area contributed by atoms with Crippen molar-refractivity contribution in [2.24, 2.45) is 0 Å². The number of carbonyl (C=O) groups excluding carboxylic acids is 1. The summed E-state index contributed by atoms with van der Waals surface area (Å²) < 4.78 is 26.7. The second-order valence-corrected chi connectivity index (χ2v) is 10.4. The minimum Gasteiger partial charge on any atom is -0.367 e. The van der Waals surface area contributed by atoms with Crippen LogP contribution >= 0.6 is 11.3 Å². The number of halogens is 2. The second-order valence-electron chi connectivity index (χ2n) is 9.20. The van der Waals surface area contributed by atoms with Gasteiger partial charge >= 0.3 is 0 Å². The third-order valence-corrected chi connectivity index (χ3v) is 7.06. The molecular weight excluding hydrogens is 518 g/mol. The fourth-order valence-corrected chi connectivity index (χ4v) is 5.00. The first-order valence-corrected chi connectivity index (χ1v) is 13.2. The summed E-state index contributed by atoms with van der Waals surface area (Å²) in [6.07, 6.45) is 3.17. The van der Waals surface area contributed by atoms with E-state index in [0.717, 1.165) is 44.2 Å². The lowest BCUT2D eigenvalue weighted by Gasteiger charge is -2.12. The molecule has 39 heavy (non-hydrogen) atoms. The Balaban J connectivity index is 1.27. The van der Waals surface area contributed by atoms with Gasteiger partial charge in [0.2, 0.25) is 0 Å². The lowest BCUT2D eigenvalue weighted by molar-refractivity contribution is 0.0951. The molecule has 3 aromatic heterocycles. The maximum atomic E-state index is 13.5.